The van der Waals surface area contributed by atoms with Gasteiger partial charge in [0.05, 0.1) is 17.5 Å². The second kappa shape index (κ2) is 15.6. The van der Waals surface area contributed by atoms with Crippen molar-refractivity contribution in [2.75, 3.05) is 0 Å². The van der Waals surface area contributed by atoms with Gasteiger partial charge in [-0.2, -0.15) is 0 Å². The Morgan fingerprint density at radius 1 is 0.981 bits per heavy atom. The molecule has 282 valence electrons. The molecule has 1 aromatic heterocycles. The van der Waals surface area contributed by atoms with Crippen LogP contribution < -0.4 is 16.4 Å². The lowest BCUT2D eigenvalue weighted by atomic mass is 9.81. The zero-order valence-corrected chi connectivity index (χ0v) is 30.9. The molecule has 0 aliphatic heterocycles. The Morgan fingerprint density at radius 2 is 1.70 bits per heavy atom. The number of nitrogens with two attached hydrogens (primary N) is 1. The molecule has 14 heteroatoms. The largest absolute Gasteiger partial charge is 0.396 e. The van der Waals surface area contributed by atoms with E-state index < -0.39 is 54.6 Å². The second-order valence-corrected chi connectivity index (χ2v) is 16.1. The quantitative estimate of drug-likeness (QED) is 0.0794. The van der Waals surface area contributed by atoms with Crippen LogP contribution in [0, 0.1) is 11.8 Å². The minimum Gasteiger partial charge on any atom is -0.370 e. The highest BCUT2D eigenvalue weighted by Gasteiger charge is 2.47. The highest BCUT2D eigenvalue weighted by Crippen LogP contribution is 2.46. The average molecular weight is 755 g/mol. The monoisotopic (exact) mass is 754 g/mol. The summed E-state index contributed by atoms with van der Waals surface area (Å²) in [5.41, 5.74) is 9.11. The van der Waals surface area contributed by atoms with Gasteiger partial charge in [-0.25, -0.2) is 0 Å². The SMILES string of the molecule is CC(C)c1ccc(CNC(=O)[C@H](CCC(N)=O)NC(=O)[C@@H]2Cc3cccc4c3C2C(=O)[C@@H](CC(=O)c2cc3cc(C(=O)P(=O)(O)O)ccc3[nH]2)CC4)cc1. The van der Waals surface area contributed by atoms with E-state index in [0.29, 0.717) is 29.7 Å². The van der Waals surface area contributed by atoms with Gasteiger partial charge in [-0.3, -0.25) is 33.3 Å². The number of aromatic nitrogens is 1. The highest BCUT2D eigenvalue weighted by atomic mass is 31.2. The van der Waals surface area contributed by atoms with Crippen LogP contribution in [0.3, 0.4) is 0 Å². The van der Waals surface area contributed by atoms with Crippen LogP contribution in [-0.4, -0.2) is 55.6 Å². The molecule has 2 aliphatic rings. The van der Waals surface area contributed by atoms with Gasteiger partial charge in [0.25, 0.3) is 5.52 Å². The van der Waals surface area contributed by atoms with Gasteiger partial charge in [0.2, 0.25) is 17.7 Å². The van der Waals surface area contributed by atoms with Crippen LogP contribution >= 0.6 is 7.60 Å². The van der Waals surface area contributed by atoms with Gasteiger partial charge in [-0.05, 0) is 83.7 Å². The van der Waals surface area contributed by atoms with Crippen molar-refractivity contribution in [2.24, 2.45) is 17.6 Å². The lowest BCUT2D eigenvalue weighted by molar-refractivity contribution is -0.134. The zero-order chi connectivity index (χ0) is 38.9. The first kappa shape index (κ1) is 38.5. The Morgan fingerprint density at radius 3 is 2.39 bits per heavy atom. The molecule has 6 rings (SSSR count). The van der Waals surface area contributed by atoms with Crippen LogP contribution in [0.15, 0.2) is 66.7 Å². The maximum Gasteiger partial charge on any atom is 0.396 e. The van der Waals surface area contributed by atoms with E-state index in [0.717, 1.165) is 27.8 Å². The molecule has 4 atom stereocenters. The molecular weight excluding hydrogens is 711 g/mol. The van der Waals surface area contributed by atoms with Crippen molar-refractivity contribution in [1.82, 2.24) is 15.6 Å². The number of aromatic amines is 1. The van der Waals surface area contributed by atoms with Gasteiger partial charge in [0.15, 0.2) is 5.78 Å². The van der Waals surface area contributed by atoms with E-state index in [1.54, 1.807) is 0 Å². The average Bonchev–Trinajstić information content (AvgIpc) is 3.72. The molecule has 0 fully saturated rings. The maximum atomic E-state index is 14.4. The standard InChI is InChI=1S/C40H43N4O9P/c1-21(2)23-8-6-22(7-9-23)20-42-39(49)31(14-15-34(41)46)44-38(48)29-17-25-5-3-4-24-10-11-26(37(47)36(29)35(24)25)19-33(45)32-18-28-16-27(12-13-30(28)43-32)40(50)54(51,52)53/h3-9,12-13,16,18,21,26,29,31,36,43H,10-11,14-15,17,19-20H2,1-2H3,(H2,41,46)(H,42,49)(H,44,48)(H2,51,52,53)/t26-,29-,31+,36?/m1/s1. The number of Topliss-reactive ketones (excluding diaryl/α,β-unsaturated/α-hetero) is 2. The van der Waals surface area contributed by atoms with E-state index in [-0.39, 0.29) is 55.1 Å². The Hall–Kier alpha value is -5.23. The van der Waals surface area contributed by atoms with Crippen LogP contribution in [0.1, 0.15) is 100 Å². The lowest BCUT2D eigenvalue weighted by Gasteiger charge is -2.25. The summed E-state index contributed by atoms with van der Waals surface area (Å²) in [5.74, 6) is -4.32. The van der Waals surface area contributed by atoms with E-state index >= 15 is 0 Å². The molecule has 3 aromatic carbocycles. The Bertz CT molecular complexity index is 2200. The van der Waals surface area contributed by atoms with Crippen LogP contribution in [0.2, 0.25) is 0 Å². The maximum absolute atomic E-state index is 14.4. The molecular formula is C40H43N4O9P. The number of aryl methyl sites for hydroxylation is 1. The number of hydrogen-bond donors (Lipinski definition) is 6. The van der Waals surface area contributed by atoms with E-state index in [4.69, 9.17) is 5.73 Å². The molecule has 7 N–H and O–H groups in total. The number of fused-ring (bicyclic) bond motifs is 1. The van der Waals surface area contributed by atoms with Crippen molar-refractivity contribution < 1.29 is 43.1 Å². The van der Waals surface area contributed by atoms with E-state index in [1.807, 2.05) is 42.5 Å². The summed E-state index contributed by atoms with van der Waals surface area (Å²) in [6.07, 6.45) is 0.818. The number of H-pyrrole nitrogens is 1. The van der Waals surface area contributed by atoms with Gasteiger partial charge >= 0.3 is 7.60 Å². The van der Waals surface area contributed by atoms with Crippen LogP contribution in [-0.2, 0) is 43.1 Å². The van der Waals surface area contributed by atoms with Gasteiger partial charge in [-0.1, -0.05) is 56.3 Å². The first-order chi connectivity index (χ1) is 25.6. The third kappa shape index (κ3) is 8.28. The van der Waals surface area contributed by atoms with Crippen LogP contribution in [0.5, 0.6) is 0 Å². The molecule has 0 saturated carbocycles. The fourth-order valence-electron chi connectivity index (χ4n) is 7.62. The summed E-state index contributed by atoms with van der Waals surface area (Å²) in [4.78, 5) is 101. The van der Waals surface area contributed by atoms with Gasteiger partial charge in [0.1, 0.15) is 11.8 Å². The fourth-order valence-corrected chi connectivity index (χ4v) is 8.09. The molecule has 0 saturated heterocycles. The number of rotatable bonds is 14. The van der Waals surface area contributed by atoms with Crippen molar-refractivity contribution in [3.63, 3.8) is 0 Å². The van der Waals surface area contributed by atoms with Crippen molar-refractivity contribution in [2.45, 2.75) is 76.8 Å². The Balaban J connectivity index is 1.19. The number of nitrogens with one attached hydrogen (secondary N) is 3. The van der Waals surface area contributed by atoms with Crippen molar-refractivity contribution in [3.8, 4) is 0 Å². The zero-order valence-electron chi connectivity index (χ0n) is 30.0. The summed E-state index contributed by atoms with van der Waals surface area (Å²) < 4.78 is 11.5. The van der Waals surface area contributed by atoms with Crippen molar-refractivity contribution >= 4 is 53.3 Å². The number of primary amides is 1. The number of hydrogen-bond acceptors (Lipinski definition) is 7. The minimum atomic E-state index is -5.01. The summed E-state index contributed by atoms with van der Waals surface area (Å²) in [7, 11) is -5.01. The first-order valence-electron chi connectivity index (χ1n) is 18.0. The molecule has 54 heavy (non-hydrogen) atoms. The molecule has 1 heterocycles. The molecule has 13 nitrogen and oxygen atoms in total. The molecule has 4 aromatic rings. The molecule has 0 radical (unpaired) electrons. The third-order valence-corrected chi connectivity index (χ3v) is 11.3. The number of amides is 3. The molecule has 0 bridgehead atoms. The predicted octanol–water partition coefficient (Wildman–Crippen LogP) is 4.34. The number of benzene rings is 3. The number of carbonyl (C=O) groups excluding carboxylic acids is 6. The lowest BCUT2D eigenvalue weighted by Crippen LogP contribution is -2.49. The second-order valence-electron chi connectivity index (χ2n) is 14.6. The summed E-state index contributed by atoms with van der Waals surface area (Å²) in [5, 5.41) is 6.07. The van der Waals surface area contributed by atoms with Crippen LogP contribution in [0.25, 0.3) is 10.9 Å². The number of carbonyl (C=O) groups is 6. The Labute approximate surface area is 311 Å². The van der Waals surface area contributed by atoms with Gasteiger partial charge in [0, 0.05) is 41.8 Å². The molecule has 2 aliphatic carbocycles. The highest BCUT2D eigenvalue weighted by molar-refractivity contribution is 7.70. The minimum absolute atomic E-state index is 0.0285. The summed E-state index contributed by atoms with van der Waals surface area (Å²) >= 11 is 0. The predicted molar refractivity (Wildman–Crippen MR) is 200 cm³/mol. The van der Waals surface area contributed by atoms with Gasteiger partial charge < -0.3 is 31.1 Å². The molecule has 1 unspecified atom stereocenters. The third-order valence-electron chi connectivity index (χ3n) is 10.5. The van der Waals surface area contributed by atoms with Crippen molar-refractivity contribution in [3.05, 3.63) is 106 Å². The normalized spacial score (nSPS) is 18.5. The fraction of sp³-hybridized carbons (Fsp3) is 0.350. The summed E-state index contributed by atoms with van der Waals surface area (Å²) in [6, 6.07) is 17.9. The smallest absolute Gasteiger partial charge is 0.370 e. The van der Waals surface area contributed by atoms with Crippen molar-refractivity contribution in [1.29, 1.82) is 0 Å². The first-order valence-corrected chi connectivity index (χ1v) is 19.6. The topological polar surface area (TPSA) is 226 Å². The van der Waals surface area contributed by atoms with Gasteiger partial charge in [-0.15, -0.1) is 0 Å². The molecule has 3 amide bonds. The molecule has 0 spiro atoms. The van der Waals surface area contributed by atoms with E-state index in [9.17, 15) is 43.1 Å². The van der Waals surface area contributed by atoms with E-state index in [2.05, 4.69) is 29.5 Å². The summed E-state index contributed by atoms with van der Waals surface area (Å²) in [6.45, 7) is 4.38. The number of ketones is 2. The van der Waals surface area contributed by atoms with Crippen LogP contribution in [0.4, 0.5) is 0 Å². The van der Waals surface area contributed by atoms with E-state index in [1.165, 1.54) is 24.3 Å². The Kier molecular flexibility index (Phi) is 11.1.